The molecule has 0 saturated carbocycles. The van der Waals surface area contributed by atoms with Crippen molar-refractivity contribution in [1.29, 1.82) is 0 Å². The van der Waals surface area contributed by atoms with E-state index in [4.69, 9.17) is 4.42 Å². The van der Waals surface area contributed by atoms with Gasteiger partial charge in [-0.1, -0.05) is 29.8 Å². The van der Waals surface area contributed by atoms with E-state index >= 15 is 0 Å². The summed E-state index contributed by atoms with van der Waals surface area (Å²) in [5.74, 6) is 0.971. The third-order valence-electron chi connectivity index (χ3n) is 3.42. The molecule has 0 unspecified atom stereocenters. The highest BCUT2D eigenvalue weighted by Gasteiger charge is 2.15. The summed E-state index contributed by atoms with van der Waals surface area (Å²) < 4.78 is 38.9. The quantitative estimate of drug-likeness (QED) is 0.534. The van der Waals surface area contributed by atoms with Crippen molar-refractivity contribution in [1.82, 2.24) is 0 Å². The zero-order chi connectivity index (χ0) is 17.0. The zero-order valence-electron chi connectivity index (χ0n) is 13.3. The van der Waals surface area contributed by atoms with E-state index in [0.717, 1.165) is 23.6 Å². The lowest BCUT2D eigenvalue weighted by molar-refractivity contribution is -0.679. The van der Waals surface area contributed by atoms with Crippen LogP contribution in [-0.4, -0.2) is 13.0 Å². The smallest absolute Gasteiger partial charge is 0.344 e. The van der Waals surface area contributed by atoms with Gasteiger partial charge in [-0.3, -0.25) is 0 Å². The minimum atomic E-state index is -4.27. The van der Waals surface area contributed by atoms with Gasteiger partial charge in [-0.15, -0.1) is 0 Å². The number of aryl methyl sites for hydroxylation is 3. The van der Waals surface area contributed by atoms with Gasteiger partial charge >= 0.3 is 5.89 Å². The Labute approximate surface area is 135 Å². The molecule has 1 aromatic heterocycles. The van der Waals surface area contributed by atoms with Crippen molar-refractivity contribution in [3.8, 4) is 0 Å². The number of oxazole rings is 1. The van der Waals surface area contributed by atoms with E-state index in [1.54, 1.807) is 12.1 Å². The van der Waals surface area contributed by atoms with Crippen LogP contribution in [-0.2, 0) is 16.7 Å². The molecule has 0 fully saturated rings. The molecule has 0 spiro atoms. The fraction of sp³-hybridized carbons (Fsp3) is 0.235. The predicted octanol–water partition coefficient (Wildman–Crippen LogP) is 2.95. The van der Waals surface area contributed by atoms with Crippen molar-refractivity contribution in [2.24, 2.45) is 0 Å². The van der Waals surface area contributed by atoms with Gasteiger partial charge in [0.2, 0.25) is 5.58 Å². The molecule has 0 aliphatic rings. The Morgan fingerprint density at radius 2 is 1.65 bits per heavy atom. The van der Waals surface area contributed by atoms with E-state index < -0.39 is 10.1 Å². The fourth-order valence-electron chi connectivity index (χ4n) is 2.25. The lowest BCUT2D eigenvalue weighted by Gasteiger charge is -2.05. The molecular weight excluding hydrogens is 314 g/mol. The largest absolute Gasteiger partial charge is 0.744 e. The van der Waals surface area contributed by atoms with Crippen molar-refractivity contribution in [2.75, 3.05) is 0 Å². The highest BCUT2D eigenvalue weighted by molar-refractivity contribution is 7.85. The summed E-state index contributed by atoms with van der Waals surface area (Å²) in [6, 6.07) is 13.9. The van der Waals surface area contributed by atoms with Gasteiger partial charge < -0.3 is 8.97 Å². The van der Waals surface area contributed by atoms with Crippen LogP contribution in [0.25, 0.3) is 11.1 Å². The van der Waals surface area contributed by atoms with Crippen LogP contribution in [0, 0.1) is 13.8 Å². The Morgan fingerprint density at radius 3 is 2.22 bits per heavy atom. The molecule has 0 aliphatic carbocycles. The molecule has 0 aliphatic heterocycles. The van der Waals surface area contributed by atoms with E-state index in [0.29, 0.717) is 0 Å². The first-order valence-corrected chi connectivity index (χ1v) is 8.64. The summed E-state index contributed by atoms with van der Waals surface area (Å²) >= 11 is 0. The van der Waals surface area contributed by atoms with Gasteiger partial charge in [-0.05, 0) is 32.0 Å². The van der Waals surface area contributed by atoms with Crippen LogP contribution in [0.3, 0.4) is 0 Å². The summed E-state index contributed by atoms with van der Waals surface area (Å²) in [5, 5.41) is 0. The number of para-hydroxylation sites is 2. The van der Waals surface area contributed by atoms with Gasteiger partial charge in [0, 0.05) is 6.07 Å². The van der Waals surface area contributed by atoms with Crippen molar-refractivity contribution in [2.45, 2.75) is 32.2 Å². The maximum Gasteiger partial charge on any atom is 0.344 e. The SMILES string of the molecule is CC[n+]1c(C)oc2ccccc21.Cc1ccc(S(=O)(=O)[O-])cc1. The second-order valence-electron chi connectivity index (χ2n) is 5.10. The molecule has 0 radical (unpaired) electrons. The number of rotatable bonds is 2. The zero-order valence-corrected chi connectivity index (χ0v) is 14.1. The maximum absolute atomic E-state index is 10.4. The molecule has 0 N–H and O–H groups in total. The Morgan fingerprint density at radius 1 is 1.04 bits per heavy atom. The molecular formula is C17H19NO4S. The van der Waals surface area contributed by atoms with Gasteiger partial charge in [0.25, 0.3) is 5.52 Å². The normalized spacial score (nSPS) is 11.1. The lowest BCUT2D eigenvalue weighted by Crippen LogP contribution is -2.33. The molecule has 1 heterocycles. The number of hydrogen-bond donors (Lipinski definition) is 0. The third-order valence-corrected chi connectivity index (χ3v) is 4.27. The molecule has 0 atom stereocenters. The molecule has 0 saturated heterocycles. The molecule has 2 aromatic carbocycles. The topological polar surface area (TPSA) is 74.2 Å². The van der Waals surface area contributed by atoms with Crippen molar-refractivity contribution in [3.05, 3.63) is 60.0 Å². The fourth-order valence-corrected chi connectivity index (χ4v) is 2.72. The van der Waals surface area contributed by atoms with Crippen molar-refractivity contribution in [3.63, 3.8) is 0 Å². The molecule has 122 valence electrons. The average molecular weight is 333 g/mol. The minimum absolute atomic E-state index is 0.178. The standard InChI is InChI=1S/C10H12NO.C7H8O3S/c1-3-11-8(2)12-10-7-5-4-6-9(10)11;1-6-2-4-7(5-3-6)11(8,9)10/h4-7H,3H2,1-2H3;2-5H,1H3,(H,8,9,10)/q+1;/p-1. The molecule has 3 aromatic rings. The van der Waals surface area contributed by atoms with E-state index in [9.17, 15) is 13.0 Å². The second kappa shape index (κ2) is 6.93. The summed E-state index contributed by atoms with van der Waals surface area (Å²) in [6.45, 7) is 6.89. The summed E-state index contributed by atoms with van der Waals surface area (Å²) in [4.78, 5) is -0.178. The number of nitrogens with zero attached hydrogens (tertiary/aromatic N) is 1. The van der Waals surface area contributed by atoms with Crippen LogP contribution in [0.15, 0.2) is 57.8 Å². The van der Waals surface area contributed by atoms with E-state index in [1.165, 1.54) is 17.6 Å². The Kier molecular flexibility index (Phi) is 5.18. The van der Waals surface area contributed by atoms with Crippen LogP contribution in [0.1, 0.15) is 18.4 Å². The molecule has 5 nitrogen and oxygen atoms in total. The van der Waals surface area contributed by atoms with Gasteiger partial charge in [0.15, 0.2) is 0 Å². The number of hydrogen-bond acceptors (Lipinski definition) is 4. The van der Waals surface area contributed by atoms with Crippen LogP contribution >= 0.6 is 0 Å². The minimum Gasteiger partial charge on any atom is -0.744 e. The first-order chi connectivity index (χ1) is 10.8. The third kappa shape index (κ3) is 4.18. The van der Waals surface area contributed by atoms with E-state index in [2.05, 4.69) is 17.6 Å². The molecule has 3 rings (SSSR count). The van der Waals surface area contributed by atoms with Crippen LogP contribution in [0.5, 0.6) is 0 Å². The Bertz CT molecular complexity index is 896. The van der Waals surface area contributed by atoms with Gasteiger partial charge in [-0.25, -0.2) is 8.42 Å². The highest BCUT2D eigenvalue weighted by Crippen LogP contribution is 2.12. The number of benzene rings is 2. The molecule has 0 amide bonds. The Hall–Kier alpha value is -2.18. The van der Waals surface area contributed by atoms with Crippen molar-refractivity contribution < 1.29 is 22.0 Å². The predicted molar refractivity (Wildman–Crippen MR) is 86.0 cm³/mol. The first kappa shape index (κ1) is 17.2. The number of fused-ring (bicyclic) bond motifs is 1. The van der Waals surface area contributed by atoms with Crippen molar-refractivity contribution >= 4 is 21.2 Å². The summed E-state index contributed by atoms with van der Waals surface area (Å²) in [5.41, 5.74) is 3.08. The van der Waals surface area contributed by atoms with Gasteiger partial charge in [0.1, 0.15) is 16.7 Å². The number of aromatic nitrogens is 1. The monoisotopic (exact) mass is 333 g/mol. The lowest BCUT2D eigenvalue weighted by atomic mass is 10.2. The molecule has 6 heteroatoms. The van der Waals surface area contributed by atoms with Gasteiger partial charge in [0.05, 0.1) is 11.8 Å². The second-order valence-corrected chi connectivity index (χ2v) is 6.48. The Balaban J connectivity index is 0.000000168. The van der Waals surface area contributed by atoms with Gasteiger partial charge in [-0.2, -0.15) is 4.57 Å². The molecule has 0 bridgehead atoms. The van der Waals surface area contributed by atoms with E-state index in [-0.39, 0.29) is 4.90 Å². The van der Waals surface area contributed by atoms with Crippen LogP contribution in [0.2, 0.25) is 0 Å². The highest BCUT2D eigenvalue weighted by atomic mass is 32.2. The average Bonchev–Trinajstić information content (AvgIpc) is 2.82. The first-order valence-electron chi connectivity index (χ1n) is 7.23. The summed E-state index contributed by atoms with van der Waals surface area (Å²) in [7, 11) is -4.27. The van der Waals surface area contributed by atoms with E-state index in [1.807, 2.05) is 32.0 Å². The van der Waals surface area contributed by atoms with Crippen LogP contribution < -0.4 is 4.57 Å². The maximum atomic E-state index is 10.4. The van der Waals surface area contributed by atoms with Crippen LogP contribution in [0.4, 0.5) is 0 Å². The summed E-state index contributed by atoms with van der Waals surface area (Å²) in [6.07, 6.45) is 0. The molecule has 23 heavy (non-hydrogen) atoms.